The van der Waals surface area contributed by atoms with Gasteiger partial charge in [-0.2, -0.15) is 4.98 Å². The number of likely N-dealkylation sites (N-methyl/N-ethyl adjacent to an activating group) is 1. The normalized spacial score (nSPS) is 26.0. The molecular formula is C10H17N3O2. The number of aromatic nitrogens is 2. The zero-order valence-corrected chi connectivity index (χ0v) is 9.25. The van der Waals surface area contributed by atoms with Crippen LogP contribution in [-0.4, -0.2) is 30.3 Å². The van der Waals surface area contributed by atoms with Gasteiger partial charge < -0.3 is 14.6 Å². The zero-order valence-electron chi connectivity index (χ0n) is 9.25. The molecule has 0 saturated carbocycles. The molecule has 0 aromatic carbocycles. The molecule has 2 rings (SSSR count). The van der Waals surface area contributed by atoms with Crippen molar-refractivity contribution in [3.63, 3.8) is 0 Å². The summed E-state index contributed by atoms with van der Waals surface area (Å²) in [6, 6.07) is 0. The second-order valence-corrected chi connectivity index (χ2v) is 4.05. The molecule has 0 radical (unpaired) electrons. The van der Waals surface area contributed by atoms with Gasteiger partial charge in [0.1, 0.15) is 5.60 Å². The molecule has 1 aliphatic heterocycles. The molecule has 1 fully saturated rings. The van der Waals surface area contributed by atoms with Gasteiger partial charge in [-0.1, -0.05) is 5.16 Å². The quantitative estimate of drug-likeness (QED) is 0.800. The van der Waals surface area contributed by atoms with E-state index >= 15 is 0 Å². The van der Waals surface area contributed by atoms with Crippen LogP contribution in [0.25, 0.3) is 0 Å². The second kappa shape index (κ2) is 4.28. The van der Waals surface area contributed by atoms with Gasteiger partial charge in [0.25, 0.3) is 0 Å². The third kappa shape index (κ3) is 2.18. The fourth-order valence-electron chi connectivity index (χ4n) is 1.76. The van der Waals surface area contributed by atoms with E-state index in [1.54, 1.807) is 0 Å². The summed E-state index contributed by atoms with van der Waals surface area (Å²) < 4.78 is 10.8. The molecule has 5 heteroatoms. The lowest BCUT2D eigenvalue weighted by atomic mass is 10.0. The highest BCUT2D eigenvalue weighted by Gasteiger charge is 2.36. The van der Waals surface area contributed by atoms with E-state index in [0.717, 1.165) is 32.4 Å². The van der Waals surface area contributed by atoms with Crippen molar-refractivity contribution in [3.05, 3.63) is 11.7 Å². The summed E-state index contributed by atoms with van der Waals surface area (Å²) >= 11 is 0. The molecule has 0 amide bonds. The van der Waals surface area contributed by atoms with Crippen molar-refractivity contribution in [2.45, 2.75) is 31.8 Å². The summed E-state index contributed by atoms with van der Waals surface area (Å²) in [6.45, 7) is 3.66. The van der Waals surface area contributed by atoms with Crippen LogP contribution in [0.5, 0.6) is 0 Å². The van der Waals surface area contributed by atoms with E-state index in [9.17, 15) is 0 Å². The average Bonchev–Trinajstić information content (AvgIpc) is 2.84. The van der Waals surface area contributed by atoms with Crippen LogP contribution < -0.4 is 5.32 Å². The first-order chi connectivity index (χ1) is 7.24. The Morgan fingerprint density at radius 3 is 3.07 bits per heavy atom. The van der Waals surface area contributed by atoms with Crippen molar-refractivity contribution in [2.75, 3.05) is 20.2 Å². The van der Waals surface area contributed by atoms with Crippen molar-refractivity contribution in [1.82, 2.24) is 15.5 Å². The molecule has 0 bridgehead atoms. The first-order valence-corrected chi connectivity index (χ1v) is 5.36. The van der Waals surface area contributed by atoms with Gasteiger partial charge in [-0.3, -0.25) is 0 Å². The summed E-state index contributed by atoms with van der Waals surface area (Å²) in [5.74, 6) is 1.36. The van der Waals surface area contributed by atoms with E-state index in [0.29, 0.717) is 11.7 Å². The van der Waals surface area contributed by atoms with Gasteiger partial charge in [0.15, 0.2) is 0 Å². The maximum absolute atomic E-state index is 5.64. The minimum atomic E-state index is -0.332. The molecule has 1 atom stereocenters. The Labute approximate surface area is 89.2 Å². The number of hydrogen-bond acceptors (Lipinski definition) is 5. The number of hydrogen-bond donors (Lipinski definition) is 1. The largest absolute Gasteiger partial charge is 0.367 e. The van der Waals surface area contributed by atoms with Gasteiger partial charge in [0.05, 0.1) is 0 Å². The molecule has 2 heterocycles. The number of ether oxygens (including phenoxy) is 1. The highest BCUT2D eigenvalue weighted by atomic mass is 16.5. The van der Waals surface area contributed by atoms with Crippen LogP contribution in [0.4, 0.5) is 0 Å². The zero-order chi connectivity index (χ0) is 10.7. The summed E-state index contributed by atoms with van der Waals surface area (Å²) in [6.07, 6.45) is 2.80. The second-order valence-electron chi connectivity index (χ2n) is 4.05. The van der Waals surface area contributed by atoms with E-state index in [1.165, 1.54) is 0 Å². The van der Waals surface area contributed by atoms with Crippen LogP contribution in [0, 0.1) is 0 Å². The Morgan fingerprint density at radius 1 is 1.53 bits per heavy atom. The molecule has 1 aromatic rings. The number of nitrogens with zero attached hydrogens (tertiary/aromatic N) is 2. The molecular weight excluding hydrogens is 194 g/mol. The minimum absolute atomic E-state index is 0.332. The minimum Gasteiger partial charge on any atom is -0.367 e. The average molecular weight is 211 g/mol. The summed E-state index contributed by atoms with van der Waals surface area (Å²) in [5, 5.41) is 7.03. The number of nitrogens with one attached hydrogen (secondary N) is 1. The molecule has 0 spiro atoms. The Morgan fingerprint density at radius 2 is 2.40 bits per heavy atom. The highest BCUT2D eigenvalue weighted by molar-refractivity contribution is 5.01. The topological polar surface area (TPSA) is 60.2 Å². The van der Waals surface area contributed by atoms with Gasteiger partial charge in [-0.05, 0) is 26.8 Å². The first kappa shape index (κ1) is 10.6. The van der Waals surface area contributed by atoms with Gasteiger partial charge in [-0.25, -0.2) is 0 Å². The van der Waals surface area contributed by atoms with Crippen LogP contribution >= 0.6 is 0 Å². The standard InChI is InChI=1S/C10H17N3O2/c1-10(5-3-7-14-10)9-12-8(15-13-9)4-6-11-2/h11H,3-7H2,1-2H3. The Hall–Kier alpha value is -0.940. The van der Waals surface area contributed by atoms with Gasteiger partial charge in [-0.15, -0.1) is 0 Å². The smallest absolute Gasteiger partial charge is 0.228 e. The lowest BCUT2D eigenvalue weighted by Gasteiger charge is -2.17. The predicted octanol–water partition coefficient (Wildman–Crippen LogP) is 0.857. The van der Waals surface area contributed by atoms with Crippen molar-refractivity contribution < 1.29 is 9.26 Å². The molecule has 15 heavy (non-hydrogen) atoms. The lowest BCUT2D eigenvalue weighted by molar-refractivity contribution is 0.00768. The van der Waals surface area contributed by atoms with E-state index in [1.807, 2.05) is 14.0 Å². The van der Waals surface area contributed by atoms with Gasteiger partial charge in [0.2, 0.25) is 11.7 Å². The monoisotopic (exact) mass is 211 g/mol. The van der Waals surface area contributed by atoms with E-state index in [2.05, 4.69) is 15.5 Å². The molecule has 0 aliphatic carbocycles. The molecule has 5 nitrogen and oxygen atoms in total. The summed E-state index contributed by atoms with van der Waals surface area (Å²) in [7, 11) is 1.90. The van der Waals surface area contributed by atoms with Crippen LogP contribution in [0.15, 0.2) is 4.52 Å². The predicted molar refractivity (Wildman–Crippen MR) is 54.5 cm³/mol. The fraction of sp³-hybridized carbons (Fsp3) is 0.800. The van der Waals surface area contributed by atoms with Crippen LogP contribution in [0.3, 0.4) is 0 Å². The first-order valence-electron chi connectivity index (χ1n) is 5.36. The molecule has 1 saturated heterocycles. The highest BCUT2D eigenvalue weighted by Crippen LogP contribution is 2.33. The van der Waals surface area contributed by atoms with Crippen LogP contribution in [0.2, 0.25) is 0 Å². The molecule has 1 N–H and O–H groups in total. The SMILES string of the molecule is CNCCc1nc(C2(C)CCCO2)no1. The van der Waals surface area contributed by atoms with Crippen molar-refractivity contribution in [2.24, 2.45) is 0 Å². The third-order valence-electron chi connectivity index (χ3n) is 2.75. The van der Waals surface area contributed by atoms with Crippen molar-refractivity contribution >= 4 is 0 Å². The Kier molecular flexibility index (Phi) is 3.02. The van der Waals surface area contributed by atoms with Crippen LogP contribution in [0.1, 0.15) is 31.5 Å². The van der Waals surface area contributed by atoms with Crippen LogP contribution in [-0.2, 0) is 16.8 Å². The summed E-state index contributed by atoms with van der Waals surface area (Å²) in [4.78, 5) is 4.36. The van der Waals surface area contributed by atoms with E-state index < -0.39 is 0 Å². The number of rotatable bonds is 4. The van der Waals surface area contributed by atoms with Crippen molar-refractivity contribution in [3.8, 4) is 0 Å². The van der Waals surface area contributed by atoms with E-state index in [4.69, 9.17) is 9.26 Å². The molecule has 1 unspecified atom stereocenters. The maximum Gasteiger partial charge on any atom is 0.228 e. The lowest BCUT2D eigenvalue weighted by Crippen LogP contribution is -2.21. The molecule has 84 valence electrons. The third-order valence-corrected chi connectivity index (χ3v) is 2.75. The van der Waals surface area contributed by atoms with Crippen molar-refractivity contribution in [1.29, 1.82) is 0 Å². The van der Waals surface area contributed by atoms with Gasteiger partial charge >= 0.3 is 0 Å². The van der Waals surface area contributed by atoms with Gasteiger partial charge in [0, 0.05) is 19.6 Å². The molecule has 1 aliphatic rings. The maximum atomic E-state index is 5.64. The Bertz CT molecular complexity index is 318. The summed E-state index contributed by atoms with van der Waals surface area (Å²) in [5.41, 5.74) is -0.332. The van der Waals surface area contributed by atoms with E-state index in [-0.39, 0.29) is 5.60 Å². The molecule has 1 aromatic heterocycles. The fourth-order valence-corrected chi connectivity index (χ4v) is 1.76. The Balaban J connectivity index is 2.05.